The molecule has 3 rings (SSSR count). The van der Waals surface area contributed by atoms with E-state index in [1.165, 1.54) is 12.8 Å². The number of fused-ring (bicyclic) bond motifs is 1. The van der Waals surface area contributed by atoms with Crippen LogP contribution in [0.4, 0.5) is 0 Å². The Morgan fingerprint density at radius 1 is 1.47 bits per heavy atom. The average molecular weight is 232 g/mol. The lowest BCUT2D eigenvalue weighted by Crippen LogP contribution is -2.34. The maximum atomic E-state index is 12.1. The van der Waals surface area contributed by atoms with Gasteiger partial charge in [-0.1, -0.05) is 0 Å². The lowest BCUT2D eigenvalue weighted by molar-refractivity contribution is 0.334. The second-order valence-corrected chi connectivity index (χ2v) is 4.63. The van der Waals surface area contributed by atoms with Crippen LogP contribution in [0, 0.1) is 5.92 Å². The van der Waals surface area contributed by atoms with Crippen molar-refractivity contribution in [1.29, 1.82) is 0 Å². The summed E-state index contributed by atoms with van der Waals surface area (Å²) in [7, 11) is 0. The van der Waals surface area contributed by atoms with Gasteiger partial charge in [-0.3, -0.25) is 4.79 Å². The van der Waals surface area contributed by atoms with Gasteiger partial charge in [0.25, 0.3) is 5.56 Å². The first-order valence-electron chi connectivity index (χ1n) is 6.08. The molecule has 1 atom stereocenters. The van der Waals surface area contributed by atoms with Crippen LogP contribution in [0.15, 0.2) is 29.5 Å². The van der Waals surface area contributed by atoms with E-state index in [4.69, 9.17) is 0 Å². The number of rotatable bonds is 2. The van der Waals surface area contributed by atoms with Crippen LogP contribution in [-0.2, 0) is 6.54 Å². The van der Waals surface area contributed by atoms with Gasteiger partial charge in [-0.25, -0.2) is 4.52 Å². The molecular formula is C12H16N4O. The quantitative estimate of drug-likeness (QED) is 0.820. The highest BCUT2D eigenvalue weighted by molar-refractivity contribution is 5.42. The average Bonchev–Trinajstić information content (AvgIpc) is 2.83. The van der Waals surface area contributed by atoms with E-state index < -0.39 is 0 Å². The van der Waals surface area contributed by atoms with Crippen molar-refractivity contribution in [2.45, 2.75) is 19.4 Å². The third-order valence-corrected chi connectivity index (χ3v) is 3.39. The molecule has 0 amide bonds. The van der Waals surface area contributed by atoms with Gasteiger partial charge in [-0.2, -0.15) is 5.10 Å². The molecule has 90 valence electrons. The molecule has 3 heterocycles. The van der Waals surface area contributed by atoms with E-state index >= 15 is 0 Å². The zero-order valence-electron chi connectivity index (χ0n) is 9.67. The third kappa shape index (κ3) is 1.98. The lowest BCUT2D eigenvalue weighted by atomic mass is 10.00. The molecule has 0 saturated carbocycles. The summed E-state index contributed by atoms with van der Waals surface area (Å²) in [6.07, 6.45) is 7.73. The first-order valence-corrected chi connectivity index (χ1v) is 6.08. The number of nitrogens with zero attached hydrogens (tertiary/aromatic N) is 3. The van der Waals surface area contributed by atoms with Crippen LogP contribution in [0.1, 0.15) is 12.8 Å². The fourth-order valence-electron chi connectivity index (χ4n) is 2.46. The molecule has 1 fully saturated rings. The minimum Gasteiger partial charge on any atom is -0.316 e. The molecule has 2 aromatic heterocycles. The standard InChI is InChI=1S/C12H16N4O/c17-12-11-3-5-14-16(11)7-6-15(12)9-10-2-1-4-13-8-10/h3,5-7,10,13H,1-2,4,8-9H2. The van der Waals surface area contributed by atoms with Crippen molar-refractivity contribution in [2.24, 2.45) is 5.92 Å². The molecule has 17 heavy (non-hydrogen) atoms. The normalized spacial score (nSPS) is 20.8. The molecule has 5 nitrogen and oxygen atoms in total. The highest BCUT2D eigenvalue weighted by Gasteiger charge is 2.14. The lowest BCUT2D eigenvalue weighted by Gasteiger charge is -2.23. The fourth-order valence-corrected chi connectivity index (χ4v) is 2.46. The maximum absolute atomic E-state index is 12.1. The molecule has 1 saturated heterocycles. The fraction of sp³-hybridized carbons (Fsp3) is 0.500. The Balaban J connectivity index is 1.89. The molecule has 1 aliphatic rings. The Morgan fingerprint density at radius 3 is 3.24 bits per heavy atom. The van der Waals surface area contributed by atoms with Crippen molar-refractivity contribution in [1.82, 2.24) is 19.5 Å². The second kappa shape index (κ2) is 4.33. The first kappa shape index (κ1) is 10.5. The molecule has 1 aliphatic heterocycles. The van der Waals surface area contributed by atoms with E-state index in [9.17, 15) is 4.79 Å². The summed E-state index contributed by atoms with van der Waals surface area (Å²) >= 11 is 0. The Morgan fingerprint density at radius 2 is 2.41 bits per heavy atom. The van der Waals surface area contributed by atoms with Crippen molar-refractivity contribution >= 4 is 5.52 Å². The smallest absolute Gasteiger partial charge is 0.276 e. The predicted molar refractivity (Wildman–Crippen MR) is 65.0 cm³/mol. The van der Waals surface area contributed by atoms with E-state index in [-0.39, 0.29) is 5.56 Å². The van der Waals surface area contributed by atoms with Crippen molar-refractivity contribution in [3.05, 3.63) is 35.0 Å². The number of piperidine rings is 1. The summed E-state index contributed by atoms with van der Waals surface area (Å²) in [5.74, 6) is 0.562. The van der Waals surface area contributed by atoms with Crippen molar-refractivity contribution in [3.63, 3.8) is 0 Å². The summed E-state index contributed by atoms with van der Waals surface area (Å²) < 4.78 is 3.42. The van der Waals surface area contributed by atoms with Crippen LogP contribution in [0.25, 0.3) is 5.52 Å². The van der Waals surface area contributed by atoms with Crippen molar-refractivity contribution in [2.75, 3.05) is 13.1 Å². The molecular weight excluding hydrogens is 216 g/mol. The van der Waals surface area contributed by atoms with Crippen LogP contribution >= 0.6 is 0 Å². The Bertz CT molecular complexity index is 565. The molecule has 0 bridgehead atoms. The molecule has 5 heteroatoms. The number of hydrogen-bond acceptors (Lipinski definition) is 3. The van der Waals surface area contributed by atoms with E-state index in [2.05, 4.69) is 10.4 Å². The van der Waals surface area contributed by atoms with Gasteiger partial charge in [0.05, 0.1) is 6.20 Å². The van der Waals surface area contributed by atoms with Gasteiger partial charge in [0.1, 0.15) is 5.52 Å². The van der Waals surface area contributed by atoms with E-state index in [1.807, 2.05) is 12.4 Å². The van der Waals surface area contributed by atoms with Crippen LogP contribution < -0.4 is 10.9 Å². The van der Waals surface area contributed by atoms with Crippen LogP contribution in [0.3, 0.4) is 0 Å². The van der Waals surface area contributed by atoms with E-state index in [1.54, 1.807) is 21.3 Å². The molecule has 1 N–H and O–H groups in total. The highest BCUT2D eigenvalue weighted by atomic mass is 16.1. The van der Waals surface area contributed by atoms with Crippen LogP contribution in [-0.4, -0.2) is 27.3 Å². The van der Waals surface area contributed by atoms with Gasteiger partial charge in [-0.15, -0.1) is 0 Å². The SMILES string of the molecule is O=c1c2ccnn2ccn1CC1CCCNC1. The van der Waals surface area contributed by atoms with Gasteiger partial charge in [0.15, 0.2) is 0 Å². The number of nitrogens with one attached hydrogen (secondary N) is 1. The Labute approximate surface area is 99.1 Å². The van der Waals surface area contributed by atoms with E-state index in [0.29, 0.717) is 11.4 Å². The van der Waals surface area contributed by atoms with Gasteiger partial charge in [0.2, 0.25) is 0 Å². The Kier molecular flexibility index (Phi) is 2.68. The molecule has 2 aromatic rings. The monoisotopic (exact) mass is 232 g/mol. The van der Waals surface area contributed by atoms with Crippen molar-refractivity contribution in [3.8, 4) is 0 Å². The summed E-state index contributed by atoms with van der Waals surface area (Å²) in [6, 6.07) is 1.76. The Hall–Kier alpha value is -1.62. The van der Waals surface area contributed by atoms with Gasteiger partial charge in [0, 0.05) is 18.9 Å². The highest BCUT2D eigenvalue weighted by Crippen LogP contribution is 2.11. The zero-order chi connectivity index (χ0) is 11.7. The predicted octanol–water partition coefficient (Wildman–Crippen LogP) is 0.496. The van der Waals surface area contributed by atoms with Crippen LogP contribution in [0.2, 0.25) is 0 Å². The maximum Gasteiger partial charge on any atom is 0.276 e. The summed E-state index contributed by atoms with van der Waals surface area (Å²) in [5, 5.41) is 7.43. The second-order valence-electron chi connectivity index (χ2n) is 4.63. The van der Waals surface area contributed by atoms with Crippen molar-refractivity contribution < 1.29 is 0 Å². The molecule has 0 spiro atoms. The number of hydrogen-bond donors (Lipinski definition) is 1. The van der Waals surface area contributed by atoms with Gasteiger partial charge in [-0.05, 0) is 37.9 Å². The summed E-state index contributed by atoms with van der Waals surface area (Å²) in [5.41, 5.74) is 0.701. The molecule has 0 aliphatic carbocycles. The largest absolute Gasteiger partial charge is 0.316 e. The molecule has 1 unspecified atom stereocenters. The van der Waals surface area contributed by atoms with Crippen LogP contribution in [0.5, 0.6) is 0 Å². The zero-order valence-corrected chi connectivity index (χ0v) is 9.67. The minimum absolute atomic E-state index is 0.0515. The summed E-state index contributed by atoms with van der Waals surface area (Å²) in [4.78, 5) is 12.1. The molecule has 0 aromatic carbocycles. The molecule has 0 radical (unpaired) electrons. The van der Waals surface area contributed by atoms with Gasteiger partial charge < -0.3 is 9.88 Å². The third-order valence-electron chi connectivity index (χ3n) is 3.39. The van der Waals surface area contributed by atoms with E-state index in [0.717, 1.165) is 19.6 Å². The minimum atomic E-state index is 0.0515. The summed E-state index contributed by atoms with van der Waals surface area (Å²) in [6.45, 7) is 2.91. The first-order chi connectivity index (χ1) is 8.34. The van der Waals surface area contributed by atoms with Gasteiger partial charge >= 0.3 is 0 Å². The number of aromatic nitrogens is 3. The topological polar surface area (TPSA) is 51.3 Å².